The SMILES string of the molecule is COc1ccc(CCC(=O)N2CCN(C(=O)c3cccc(Cl)c3Cl)CC2)c(OC)c1OC. The van der Waals surface area contributed by atoms with Crippen molar-refractivity contribution in [3.05, 3.63) is 51.5 Å². The van der Waals surface area contributed by atoms with E-state index in [1.165, 1.54) is 0 Å². The van der Waals surface area contributed by atoms with Gasteiger partial charge < -0.3 is 24.0 Å². The lowest BCUT2D eigenvalue weighted by atomic mass is 10.1. The summed E-state index contributed by atoms with van der Waals surface area (Å²) in [4.78, 5) is 29.0. The molecule has 7 nitrogen and oxygen atoms in total. The average molecular weight is 481 g/mol. The minimum atomic E-state index is -0.181. The molecule has 9 heteroatoms. The van der Waals surface area contributed by atoms with Gasteiger partial charge in [0.25, 0.3) is 5.91 Å². The van der Waals surface area contributed by atoms with Crippen LogP contribution in [0.4, 0.5) is 0 Å². The van der Waals surface area contributed by atoms with Crippen LogP contribution in [0, 0.1) is 0 Å². The third-order valence-corrected chi connectivity index (χ3v) is 6.31. The van der Waals surface area contributed by atoms with Gasteiger partial charge in [-0.25, -0.2) is 0 Å². The van der Waals surface area contributed by atoms with E-state index >= 15 is 0 Å². The van der Waals surface area contributed by atoms with Gasteiger partial charge in [0.1, 0.15) is 0 Å². The number of aryl methyl sites for hydroxylation is 1. The van der Waals surface area contributed by atoms with Gasteiger partial charge in [-0.2, -0.15) is 0 Å². The van der Waals surface area contributed by atoms with E-state index in [1.807, 2.05) is 6.07 Å². The van der Waals surface area contributed by atoms with Crippen LogP contribution in [0.2, 0.25) is 10.0 Å². The van der Waals surface area contributed by atoms with Crippen molar-refractivity contribution in [3.63, 3.8) is 0 Å². The smallest absolute Gasteiger partial charge is 0.255 e. The van der Waals surface area contributed by atoms with Crippen molar-refractivity contribution in [2.45, 2.75) is 12.8 Å². The highest BCUT2D eigenvalue weighted by molar-refractivity contribution is 6.43. The maximum Gasteiger partial charge on any atom is 0.255 e. The third-order valence-electron chi connectivity index (χ3n) is 5.50. The second kappa shape index (κ2) is 10.8. The molecule has 0 atom stereocenters. The van der Waals surface area contributed by atoms with Crippen molar-refractivity contribution < 1.29 is 23.8 Å². The lowest BCUT2D eigenvalue weighted by molar-refractivity contribution is -0.132. The lowest BCUT2D eigenvalue weighted by Crippen LogP contribution is -2.50. The topological polar surface area (TPSA) is 68.3 Å². The highest BCUT2D eigenvalue weighted by Crippen LogP contribution is 2.40. The molecule has 32 heavy (non-hydrogen) atoms. The normalized spacial score (nSPS) is 13.7. The zero-order valence-electron chi connectivity index (χ0n) is 18.3. The van der Waals surface area contributed by atoms with Crippen LogP contribution in [0.5, 0.6) is 17.2 Å². The number of carbonyl (C=O) groups excluding carboxylic acids is 2. The molecule has 172 valence electrons. The summed E-state index contributed by atoms with van der Waals surface area (Å²) in [5, 5.41) is 0.596. The zero-order chi connectivity index (χ0) is 23.3. The number of nitrogens with zero attached hydrogens (tertiary/aromatic N) is 2. The number of halogens is 2. The number of hydrogen-bond donors (Lipinski definition) is 0. The van der Waals surface area contributed by atoms with Crippen molar-refractivity contribution in [1.82, 2.24) is 9.80 Å². The Morgan fingerprint density at radius 2 is 1.53 bits per heavy atom. The third kappa shape index (κ3) is 5.05. The molecule has 3 rings (SSSR count). The van der Waals surface area contributed by atoms with Crippen LogP contribution in [0.3, 0.4) is 0 Å². The van der Waals surface area contributed by atoms with Gasteiger partial charge in [-0.3, -0.25) is 9.59 Å². The Hall–Kier alpha value is -2.64. The number of piperazine rings is 1. The molecule has 0 spiro atoms. The van der Waals surface area contributed by atoms with E-state index in [1.54, 1.807) is 55.4 Å². The fraction of sp³-hybridized carbons (Fsp3) is 0.391. The maximum atomic E-state index is 12.8. The number of benzene rings is 2. The molecule has 0 N–H and O–H groups in total. The monoisotopic (exact) mass is 480 g/mol. The van der Waals surface area contributed by atoms with Crippen molar-refractivity contribution in [2.75, 3.05) is 47.5 Å². The molecular weight excluding hydrogens is 455 g/mol. The molecule has 1 aliphatic rings. The van der Waals surface area contributed by atoms with Gasteiger partial charge in [0.15, 0.2) is 11.5 Å². The molecular formula is C23H26Cl2N2O5. The number of methoxy groups -OCH3 is 3. The van der Waals surface area contributed by atoms with Crippen LogP contribution >= 0.6 is 23.2 Å². The predicted octanol–water partition coefficient (Wildman–Crippen LogP) is 3.94. The summed E-state index contributed by atoms with van der Waals surface area (Å²) in [7, 11) is 4.67. The van der Waals surface area contributed by atoms with E-state index in [-0.39, 0.29) is 16.8 Å². The van der Waals surface area contributed by atoms with E-state index in [2.05, 4.69) is 0 Å². The Morgan fingerprint density at radius 3 is 2.16 bits per heavy atom. The molecule has 0 unspecified atom stereocenters. The van der Waals surface area contributed by atoms with Gasteiger partial charge in [-0.15, -0.1) is 0 Å². The summed E-state index contributed by atoms with van der Waals surface area (Å²) in [5.74, 6) is 1.48. The first-order valence-corrected chi connectivity index (χ1v) is 11.0. The summed E-state index contributed by atoms with van der Waals surface area (Å²) >= 11 is 12.2. The van der Waals surface area contributed by atoms with E-state index in [0.29, 0.717) is 66.9 Å². The second-order valence-corrected chi connectivity index (χ2v) is 8.05. The first kappa shape index (κ1) is 24.0. The molecule has 1 saturated heterocycles. The Kier molecular flexibility index (Phi) is 8.10. The summed E-state index contributed by atoms with van der Waals surface area (Å²) in [5.41, 5.74) is 1.24. The Bertz CT molecular complexity index is 991. The number of amides is 2. The van der Waals surface area contributed by atoms with Crippen molar-refractivity contribution in [3.8, 4) is 17.2 Å². The molecule has 2 aromatic rings. The molecule has 1 fully saturated rings. The molecule has 0 radical (unpaired) electrons. The minimum absolute atomic E-state index is 0.0229. The summed E-state index contributed by atoms with van der Waals surface area (Å²) in [6.07, 6.45) is 0.819. The lowest BCUT2D eigenvalue weighted by Gasteiger charge is -2.35. The second-order valence-electron chi connectivity index (χ2n) is 7.27. The predicted molar refractivity (Wildman–Crippen MR) is 123 cm³/mol. The fourth-order valence-corrected chi connectivity index (χ4v) is 4.14. The highest BCUT2D eigenvalue weighted by atomic mass is 35.5. The van der Waals surface area contributed by atoms with Crippen molar-refractivity contribution in [2.24, 2.45) is 0 Å². The standard InChI is InChI=1S/C23H26Cl2N2O5/c1-30-18-9-7-15(21(31-2)22(18)32-3)8-10-19(28)26-11-13-27(14-12-26)23(29)16-5-4-6-17(24)20(16)25/h4-7,9H,8,10-14H2,1-3H3. The van der Waals surface area contributed by atoms with E-state index in [0.717, 1.165) is 5.56 Å². The Balaban J connectivity index is 1.58. The highest BCUT2D eigenvalue weighted by Gasteiger charge is 2.26. The zero-order valence-corrected chi connectivity index (χ0v) is 19.8. The molecule has 1 heterocycles. The fourth-order valence-electron chi connectivity index (χ4n) is 3.76. The van der Waals surface area contributed by atoms with Gasteiger partial charge in [0.05, 0.1) is 36.9 Å². The van der Waals surface area contributed by atoms with Crippen LogP contribution in [-0.4, -0.2) is 69.1 Å². The van der Waals surface area contributed by atoms with Gasteiger partial charge in [0, 0.05) is 32.6 Å². The quantitative estimate of drug-likeness (QED) is 0.600. The largest absolute Gasteiger partial charge is 0.493 e. The molecule has 0 aliphatic carbocycles. The van der Waals surface area contributed by atoms with Gasteiger partial charge in [-0.05, 0) is 30.2 Å². The number of ether oxygens (including phenoxy) is 3. The number of rotatable bonds is 7. The first-order chi connectivity index (χ1) is 15.4. The van der Waals surface area contributed by atoms with Crippen molar-refractivity contribution >= 4 is 35.0 Å². The maximum absolute atomic E-state index is 12.8. The van der Waals surface area contributed by atoms with Crippen LogP contribution < -0.4 is 14.2 Å². The van der Waals surface area contributed by atoms with Gasteiger partial charge >= 0.3 is 0 Å². The van der Waals surface area contributed by atoms with E-state index < -0.39 is 0 Å². The summed E-state index contributed by atoms with van der Waals surface area (Å²) in [6, 6.07) is 8.67. The number of carbonyl (C=O) groups is 2. The minimum Gasteiger partial charge on any atom is -0.493 e. The molecule has 0 bridgehead atoms. The number of hydrogen-bond acceptors (Lipinski definition) is 5. The molecule has 0 aromatic heterocycles. The molecule has 1 aliphatic heterocycles. The summed E-state index contributed by atoms with van der Waals surface area (Å²) < 4.78 is 16.2. The van der Waals surface area contributed by atoms with Crippen LogP contribution in [0.15, 0.2) is 30.3 Å². The molecule has 0 saturated carbocycles. The Labute approximate surface area is 197 Å². The van der Waals surface area contributed by atoms with Crippen LogP contribution in [-0.2, 0) is 11.2 Å². The van der Waals surface area contributed by atoms with Gasteiger partial charge in [-0.1, -0.05) is 35.3 Å². The van der Waals surface area contributed by atoms with Crippen LogP contribution in [0.25, 0.3) is 0 Å². The van der Waals surface area contributed by atoms with E-state index in [9.17, 15) is 9.59 Å². The van der Waals surface area contributed by atoms with Gasteiger partial charge in [0.2, 0.25) is 11.7 Å². The molecule has 2 aromatic carbocycles. The molecule has 2 amide bonds. The van der Waals surface area contributed by atoms with Crippen molar-refractivity contribution in [1.29, 1.82) is 0 Å². The van der Waals surface area contributed by atoms with E-state index in [4.69, 9.17) is 37.4 Å². The average Bonchev–Trinajstić information content (AvgIpc) is 2.83. The first-order valence-electron chi connectivity index (χ1n) is 10.2. The summed E-state index contributed by atoms with van der Waals surface area (Å²) in [6.45, 7) is 1.80. The van der Waals surface area contributed by atoms with Crippen LogP contribution in [0.1, 0.15) is 22.3 Å². The Morgan fingerprint density at radius 1 is 0.875 bits per heavy atom.